The van der Waals surface area contributed by atoms with Crippen LogP contribution in [0, 0.1) is 0 Å². The molecule has 0 aliphatic heterocycles. The van der Waals surface area contributed by atoms with E-state index in [1.807, 2.05) is 19.4 Å². The molecule has 0 aliphatic carbocycles. The molecule has 3 heteroatoms. The van der Waals surface area contributed by atoms with Crippen molar-refractivity contribution in [2.75, 3.05) is 6.54 Å². The van der Waals surface area contributed by atoms with Crippen molar-refractivity contribution in [1.82, 2.24) is 14.9 Å². The second-order valence-corrected chi connectivity index (χ2v) is 5.29. The Morgan fingerprint density at radius 1 is 1.30 bits per heavy atom. The first-order chi connectivity index (χ1) is 9.74. The Morgan fingerprint density at radius 2 is 2.15 bits per heavy atom. The summed E-state index contributed by atoms with van der Waals surface area (Å²) >= 11 is 0. The van der Waals surface area contributed by atoms with Gasteiger partial charge in [-0.25, -0.2) is 4.98 Å². The van der Waals surface area contributed by atoms with E-state index >= 15 is 0 Å². The van der Waals surface area contributed by atoms with Crippen LogP contribution in [0.1, 0.15) is 49.7 Å². The molecule has 0 amide bonds. The van der Waals surface area contributed by atoms with E-state index in [0.717, 1.165) is 25.2 Å². The van der Waals surface area contributed by atoms with Crippen LogP contribution in [0.25, 0.3) is 0 Å². The van der Waals surface area contributed by atoms with Crippen molar-refractivity contribution < 1.29 is 0 Å². The molecule has 2 aromatic rings. The second kappa shape index (κ2) is 7.25. The van der Waals surface area contributed by atoms with E-state index in [1.165, 1.54) is 17.5 Å². The lowest BCUT2D eigenvalue weighted by Crippen LogP contribution is -2.21. The van der Waals surface area contributed by atoms with Crippen LogP contribution >= 0.6 is 0 Å². The summed E-state index contributed by atoms with van der Waals surface area (Å²) in [5.74, 6) is 1.11. The van der Waals surface area contributed by atoms with Crippen molar-refractivity contribution in [2.24, 2.45) is 7.05 Å². The molecule has 3 nitrogen and oxygen atoms in total. The zero-order valence-electron chi connectivity index (χ0n) is 12.8. The number of nitrogens with zero attached hydrogens (tertiary/aromatic N) is 2. The third-order valence-corrected chi connectivity index (χ3v) is 3.69. The van der Waals surface area contributed by atoms with Gasteiger partial charge in [0, 0.05) is 31.9 Å². The Bertz CT molecular complexity index is 531. The highest BCUT2D eigenvalue weighted by Gasteiger charge is 2.09. The van der Waals surface area contributed by atoms with Gasteiger partial charge in [-0.15, -0.1) is 0 Å². The number of rotatable bonds is 7. The highest BCUT2D eigenvalue weighted by molar-refractivity contribution is 5.28. The van der Waals surface area contributed by atoms with Gasteiger partial charge in [0.25, 0.3) is 0 Å². The molecule has 1 atom stereocenters. The van der Waals surface area contributed by atoms with Gasteiger partial charge in [-0.2, -0.15) is 0 Å². The normalized spacial score (nSPS) is 12.6. The third kappa shape index (κ3) is 3.70. The predicted molar refractivity (Wildman–Crippen MR) is 83.8 cm³/mol. The monoisotopic (exact) mass is 271 g/mol. The maximum Gasteiger partial charge on any atom is 0.112 e. The summed E-state index contributed by atoms with van der Waals surface area (Å²) in [6.45, 7) is 5.51. The zero-order valence-corrected chi connectivity index (χ0v) is 12.8. The smallest absolute Gasteiger partial charge is 0.112 e. The Kier molecular flexibility index (Phi) is 5.36. The molecule has 108 valence electrons. The van der Waals surface area contributed by atoms with Crippen LogP contribution in [0.3, 0.4) is 0 Å². The molecule has 1 heterocycles. The predicted octanol–water partition coefficient (Wildman–Crippen LogP) is 3.46. The van der Waals surface area contributed by atoms with Gasteiger partial charge in [0.05, 0.1) is 0 Å². The highest BCUT2D eigenvalue weighted by atomic mass is 15.0. The summed E-state index contributed by atoms with van der Waals surface area (Å²) in [6.07, 6.45) is 7.03. The largest absolute Gasteiger partial charge is 0.338 e. The van der Waals surface area contributed by atoms with Crippen LogP contribution in [-0.2, 0) is 13.5 Å². The van der Waals surface area contributed by atoms with Gasteiger partial charge in [-0.1, -0.05) is 38.1 Å². The highest BCUT2D eigenvalue weighted by Crippen LogP contribution is 2.19. The minimum Gasteiger partial charge on any atom is -0.338 e. The minimum absolute atomic E-state index is 0.455. The molecule has 1 unspecified atom stereocenters. The molecule has 0 aliphatic rings. The van der Waals surface area contributed by atoms with E-state index in [-0.39, 0.29) is 0 Å². The first-order valence-electron chi connectivity index (χ1n) is 7.53. The third-order valence-electron chi connectivity index (χ3n) is 3.69. The summed E-state index contributed by atoms with van der Waals surface area (Å²) in [5, 5.41) is 3.61. The molecule has 0 saturated carbocycles. The summed E-state index contributed by atoms with van der Waals surface area (Å²) in [6, 6.07) is 9.33. The Balaban J connectivity index is 2.12. The van der Waals surface area contributed by atoms with E-state index in [0.29, 0.717) is 6.04 Å². The van der Waals surface area contributed by atoms with Gasteiger partial charge in [-0.05, 0) is 30.5 Å². The number of aromatic nitrogens is 2. The van der Waals surface area contributed by atoms with Crippen LogP contribution in [0.15, 0.2) is 36.7 Å². The number of imidazole rings is 1. The molecular formula is C17H25N3. The first kappa shape index (κ1) is 14.8. The van der Waals surface area contributed by atoms with Gasteiger partial charge in [0.1, 0.15) is 5.82 Å². The Morgan fingerprint density at radius 3 is 2.80 bits per heavy atom. The van der Waals surface area contributed by atoms with Gasteiger partial charge in [0.15, 0.2) is 0 Å². The summed E-state index contributed by atoms with van der Waals surface area (Å²) in [7, 11) is 2.05. The van der Waals surface area contributed by atoms with Gasteiger partial charge in [0.2, 0.25) is 0 Å². The van der Waals surface area contributed by atoms with Crippen LogP contribution in [-0.4, -0.2) is 16.1 Å². The van der Waals surface area contributed by atoms with Gasteiger partial charge >= 0.3 is 0 Å². The molecule has 0 radical (unpaired) electrons. The van der Waals surface area contributed by atoms with Crippen molar-refractivity contribution in [3.63, 3.8) is 0 Å². The van der Waals surface area contributed by atoms with Crippen LogP contribution < -0.4 is 5.32 Å². The van der Waals surface area contributed by atoms with E-state index in [1.54, 1.807) is 0 Å². The molecule has 20 heavy (non-hydrogen) atoms. The molecule has 1 aromatic carbocycles. The van der Waals surface area contributed by atoms with Crippen molar-refractivity contribution in [3.8, 4) is 0 Å². The lowest BCUT2D eigenvalue weighted by atomic mass is 10.0. The average Bonchev–Trinajstić information content (AvgIpc) is 2.86. The summed E-state index contributed by atoms with van der Waals surface area (Å²) < 4.78 is 2.08. The fraction of sp³-hybridized carbons (Fsp3) is 0.471. The number of nitrogens with one attached hydrogen (secondary N) is 1. The summed E-state index contributed by atoms with van der Waals surface area (Å²) in [5.41, 5.74) is 2.71. The molecule has 1 N–H and O–H groups in total. The van der Waals surface area contributed by atoms with Crippen molar-refractivity contribution in [1.29, 1.82) is 0 Å². The fourth-order valence-electron chi connectivity index (χ4n) is 2.49. The average molecular weight is 271 g/mol. The Labute approximate surface area is 122 Å². The lowest BCUT2D eigenvalue weighted by Gasteiger charge is -2.18. The quantitative estimate of drug-likeness (QED) is 0.835. The molecule has 2 rings (SSSR count). The van der Waals surface area contributed by atoms with Gasteiger partial charge in [-0.3, -0.25) is 0 Å². The minimum atomic E-state index is 0.455. The van der Waals surface area contributed by atoms with Crippen molar-refractivity contribution >= 4 is 0 Å². The lowest BCUT2D eigenvalue weighted by molar-refractivity contribution is 0.518. The number of benzene rings is 1. The molecule has 1 aromatic heterocycles. The molecular weight excluding hydrogens is 246 g/mol. The van der Waals surface area contributed by atoms with Crippen molar-refractivity contribution in [2.45, 2.75) is 39.2 Å². The van der Waals surface area contributed by atoms with E-state index in [9.17, 15) is 0 Å². The second-order valence-electron chi connectivity index (χ2n) is 5.29. The maximum absolute atomic E-state index is 4.40. The zero-order chi connectivity index (χ0) is 14.4. The van der Waals surface area contributed by atoms with Crippen LogP contribution in [0.4, 0.5) is 0 Å². The van der Waals surface area contributed by atoms with Crippen LogP contribution in [0.2, 0.25) is 0 Å². The van der Waals surface area contributed by atoms with E-state index < -0.39 is 0 Å². The van der Waals surface area contributed by atoms with Crippen LogP contribution in [0.5, 0.6) is 0 Å². The Hall–Kier alpha value is -1.61. The standard InChI is InChI=1S/C17H25N3/c1-4-9-18-16(5-2)15-8-6-7-14(12-15)13-17-19-10-11-20(17)3/h6-8,10-12,16,18H,4-5,9,13H2,1-3H3. The van der Waals surface area contributed by atoms with E-state index in [2.05, 4.69) is 53.0 Å². The number of hydrogen-bond acceptors (Lipinski definition) is 2. The van der Waals surface area contributed by atoms with Gasteiger partial charge < -0.3 is 9.88 Å². The SMILES string of the molecule is CCCNC(CC)c1cccc(Cc2nccn2C)c1. The maximum atomic E-state index is 4.40. The number of aryl methyl sites for hydroxylation is 1. The topological polar surface area (TPSA) is 29.9 Å². The fourth-order valence-corrected chi connectivity index (χ4v) is 2.49. The first-order valence-corrected chi connectivity index (χ1v) is 7.53. The van der Waals surface area contributed by atoms with E-state index in [4.69, 9.17) is 0 Å². The molecule has 0 bridgehead atoms. The molecule has 0 spiro atoms. The number of hydrogen-bond donors (Lipinski definition) is 1. The summed E-state index contributed by atoms with van der Waals surface area (Å²) in [4.78, 5) is 4.40. The van der Waals surface area contributed by atoms with Crippen molar-refractivity contribution in [3.05, 3.63) is 53.6 Å². The molecule has 0 saturated heterocycles. The molecule has 0 fully saturated rings.